The minimum absolute atomic E-state index is 0.103. The quantitative estimate of drug-likeness (QED) is 0.396. The summed E-state index contributed by atoms with van der Waals surface area (Å²) in [4.78, 5) is 20.8. The summed E-state index contributed by atoms with van der Waals surface area (Å²) < 4.78 is 18.4. The summed E-state index contributed by atoms with van der Waals surface area (Å²) in [7, 11) is 0. The first kappa shape index (κ1) is 22.3. The van der Waals surface area contributed by atoms with E-state index in [0.717, 1.165) is 41.6 Å². The third-order valence-corrected chi connectivity index (χ3v) is 6.73. The molecule has 2 aliphatic rings. The zero-order valence-electron chi connectivity index (χ0n) is 19.7. The lowest BCUT2D eigenvalue weighted by molar-refractivity contribution is -0.137. The van der Waals surface area contributed by atoms with Crippen molar-refractivity contribution in [2.24, 2.45) is 0 Å². The molecule has 4 heterocycles. The molecule has 184 valence electrons. The lowest BCUT2D eigenvalue weighted by Crippen LogP contribution is -2.16. The molecule has 0 fully saturated rings. The molecule has 1 N–H and O–H groups in total. The highest BCUT2D eigenvalue weighted by Crippen LogP contribution is 2.35. The van der Waals surface area contributed by atoms with Crippen molar-refractivity contribution >= 4 is 16.9 Å². The van der Waals surface area contributed by atoms with E-state index in [2.05, 4.69) is 22.2 Å². The molecule has 1 aliphatic carbocycles. The Morgan fingerprint density at radius 3 is 2.94 bits per heavy atom. The van der Waals surface area contributed by atoms with E-state index in [1.54, 1.807) is 23.1 Å². The molecule has 0 radical (unpaired) electrons. The maximum Gasteiger partial charge on any atom is 0.305 e. The van der Waals surface area contributed by atoms with Gasteiger partial charge in [0.1, 0.15) is 5.75 Å². The van der Waals surface area contributed by atoms with Gasteiger partial charge in [-0.3, -0.25) is 14.5 Å². The number of rotatable bonds is 8. The van der Waals surface area contributed by atoms with Gasteiger partial charge in [0.15, 0.2) is 5.75 Å². The third kappa shape index (κ3) is 4.44. The van der Waals surface area contributed by atoms with Gasteiger partial charge in [0, 0.05) is 29.4 Å². The molecular formula is C27H26N4O5. The molecule has 1 unspecified atom stereocenters. The molecule has 36 heavy (non-hydrogen) atoms. The summed E-state index contributed by atoms with van der Waals surface area (Å²) in [5.74, 6) is 0.713. The summed E-state index contributed by atoms with van der Waals surface area (Å²) in [5.41, 5.74) is 5.16. The zero-order chi connectivity index (χ0) is 24.5. The van der Waals surface area contributed by atoms with Crippen LogP contribution in [0.2, 0.25) is 0 Å². The van der Waals surface area contributed by atoms with E-state index in [1.807, 2.05) is 18.2 Å². The number of nitrogens with zero attached hydrogens (tertiary/aromatic N) is 4. The van der Waals surface area contributed by atoms with Crippen molar-refractivity contribution in [3.63, 3.8) is 0 Å². The van der Waals surface area contributed by atoms with Gasteiger partial charge in [0.05, 0.1) is 30.8 Å². The Labute approximate surface area is 207 Å². The number of carboxylic acid groups (broad SMARTS) is 1. The highest BCUT2D eigenvalue weighted by molar-refractivity contribution is 5.81. The van der Waals surface area contributed by atoms with Gasteiger partial charge in [0.25, 0.3) is 5.88 Å². The highest BCUT2D eigenvalue weighted by Gasteiger charge is 2.24. The number of hydrogen-bond acceptors (Lipinski definition) is 7. The summed E-state index contributed by atoms with van der Waals surface area (Å²) in [6.45, 7) is 0.626. The summed E-state index contributed by atoms with van der Waals surface area (Å²) >= 11 is 0. The van der Waals surface area contributed by atoms with E-state index in [4.69, 9.17) is 19.2 Å². The van der Waals surface area contributed by atoms with Crippen LogP contribution in [0, 0.1) is 0 Å². The van der Waals surface area contributed by atoms with Crippen LogP contribution in [0.15, 0.2) is 48.8 Å². The first-order valence-corrected chi connectivity index (χ1v) is 12.2. The van der Waals surface area contributed by atoms with Crippen LogP contribution in [0.5, 0.6) is 17.4 Å². The Balaban J connectivity index is 1.19. The molecule has 1 atom stereocenters. The van der Waals surface area contributed by atoms with Gasteiger partial charge >= 0.3 is 5.97 Å². The van der Waals surface area contributed by atoms with E-state index < -0.39 is 12.0 Å². The number of aryl methyl sites for hydroxylation is 2. The maximum atomic E-state index is 11.7. The Morgan fingerprint density at radius 1 is 1.11 bits per heavy atom. The molecule has 0 amide bonds. The van der Waals surface area contributed by atoms with E-state index in [1.165, 1.54) is 24.1 Å². The fraction of sp³-hybridized carbons (Fsp3) is 0.333. The van der Waals surface area contributed by atoms with Gasteiger partial charge in [-0.05, 0) is 67.1 Å². The number of pyridine rings is 2. The van der Waals surface area contributed by atoms with Gasteiger partial charge in [-0.15, -0.1) is 0 Å². The van der Waals surface area contributed by atoms with Crippen LogP contribution in [0.25, 0.3) is 10.9 Å². The van der Waals surface area contributed by atoms with Crippen molar-refractivity contribution in [2.75, 3.05) is 13.4 Å². The summed E-state index contributed by atoms with van der Waals surface area (Å²) in [6, 6.07) is 11.2. The molecule has 0 saturated carbocycles. The van der Waals surface area contributed by atoms with E-state index in [0.29, 0.717) is 23.8 Å². The van der Waals surface area contributed by atoms with Gasteiger partial charge in [-0.2, -0.15) is 5.10 Å². The van der Waals surface area contributed by atoms with E-state index >= 15 is 0 Å². The van der Waals surface area contributed by atoms with Crippen molar-refractivity contribution in [3.05, 3.63) is 71.3 Å². The Morgan fingerprint density at radius 2 is 2.03 bits per heavy atom. The average Bonchev–Trinajstić information content (AvgIpc) is 3.53. The van der Waals surface area contributed by atoms with Gasteiger partial charge in [-0.1, -0.05) is 6.07 Å². The Kier molecular flexibility index (Phi) is 5.88. The molecule has 9 heteroatoms. The molecule has 0 saturated heterocycles. The zero-order valence-corrected chi connectivity index (χ0v) is 19.7. The number of fused-ring (bicyclic) bond motifs is 3. The predicted octanol–water partition coefficient (Wildman–Crippen LogP) is 4.12. The van der Waals surface area contributed by atoms with Gasteiger partial charge < -0.3 is 19.3 Å². The molecule has 4 aromatic rings. The molecule has 1 aliphatic heterocycles. The Bertz CT molecular complexity index is 1430. The average molecular weight is 487 g/mol. The molecule has 1 aromatic carbocycles. The van der Waals surface area contributed by atoms with Crippen LogP contribution in [-0.4, -0.2) is 44.2 Å². The third-order valence-electron chi connectivity index (χ3n) is 6.73. The number of aromatic nitrogens is 4. The van der Waals surface area contributed by atoms with Crippen LogP contribution in [0.1, 0.15) is 47.8 Å². The fourth-order valence-corrected chi connectivity index (χ4v) is 4.91. The number of aliphatic carboxylic acids is 1. The van der Waals surface area contributed by atoms with Crippen molar-refractivity contribution < 1.29 is 24.1 Å². The molecule has 0 bridgehead atoms. The monoisotopic (exact) mass is 486 g/mol. The molecule has 6 rings (SSSR count). The SMILES string of the molecule is O=C(O)CC(c1cnc2c(c1)OCO2)n1ncc2cc(OCCc3ccc4c(n3)CCCC4)ccc21. The van der Waals surface area contributed by atoms with E-state index in [9.17, 15) is 9.90 Å². The summed E-state index contributed by atoms with van der Waals surface area (Å²) in [5, 5.41) is 14.9. The first-order chi connectivity index (χ1) is 17.6. The van der Waals surface area contributed by atoms with Crippen LogP contribution in [0.4, 0.5) is 0 Å². The number of carboxylic acids is 1. The maximum absolute atomic E-state index is 11.7. The Hall–Kier alpha value is -4.14. The van der Waals surface area contributed by atoms with E-state index in [-0.39, 0.29) is 13.2 Å². The largest absolute Gasteiger partial charge is 0.493 e. The second-order valence-corrected chi connectivity index (χ2v) is 9.12. The summed E-state index contributed by atoms with van der Waals surface area (Å²) in [6.07, 6.45) is 8.59. The number of carbonyl (C=O) groups is 1. The fourth-order valence-electron chi connectivity index (χ4n) is 4.91. The molecule has 9 nitrogen and oxygen atoms in total. The normalized spacial score (nSPS) is 15.0. The lowest BCUT2D eigenvalue weighted by atomic mass is 9.96. The van der Waals surface area contributed by atoms with Crippen LogP contribution in [0.3, 0.4) is 0 Å². The molecule has 0 spiro atoms. The van der Waals surface area contributed by atoms with Gasteiger partial charge in [-0.25, -0.2) is 4.98 Å². The van der Waals surface area contributed by atoms with Crippen molar-refractivity contribution in [3.8, 4) is 17.4 Å². The second kappa shape index (κ2) is 9.49. The molecular weight excluding hydrogens is 460 g/mol. The molecule has 3 aromatic heterocycles. The lowest BCUT2D eigenvalue weighted by Gasteiger charge is -2.17. The topological polar surface area (TPSA) is 109 Å². The van der Waals surface area contributed by atoms with Crippen molar-refractivity contribution in [2.45, 2.75) is 44.6 Å². The number of hydrogen-bond donors (Lipinski definition) is 1. The smallest absolute Gasteiger partial charge is 0.305 e. The minimum atomic E-state index is -0.933. The number of ether oxygens (including phenoxy) is 3. The van der Waals surface area contributed by atoms with Crippen LogP contribution in [-0.2, 0) is 24.1 Å². The minimum Gasteiger partial charge on any atom is -0.493 e. The standard InChI is InChI=1S/C27H26N4O5/c32-26(33)13-24(19-12-25-27(28-14-19)36-16-35-25)31-23-8-7-21(11-18(23)15-29-31)34-10-9-20-6-5-17-3-1-2-4-22(17)30-20/h5-8,11-12,14-15,24H,1-4,9-10,13,16H2,(H,32,33). The van der Waals surface area contributed by atoms with Gasteiger partial charge in [0.2, 0.25) is 6.79 Å². The van der Waals surface area contributed by atoms with Crippen LogP contribution >= 0.6 is 0 Å². The first-order valence-electron chi connectivity index (χ1n) is 12.2. The van der Waals surface area contributed by atoms with Crippen LogP contribution < -0.4 is 14.2 Å². The van der Waals surface area contributed by atoms with Crippen molar-refractivity contribution in [1.29, 1.82) is 0 Å². The number of benzene rings is 1. The second-order valence-electron chi connectivity index (χ2n) is 9.12. The predicted molar refractivity (Wildman–Crippen MR) is 131 cm³/mol. The van der Waals surface area contributed by atoms with Crippen molar-refractivity contribution in [1.82, 2.24) is 19.7 Å². The highest BCUT2D eigenvalue weighted by atomic mass is 16.7.